The fraction of sp³-hybridized carbons (Fsp3) is 0.611. The van der Waals surface area contributed by atoms with Crippen LogP contribution in [-0.2, 0) is 4.74 Å². The van der Waals surface area contributed by atoms with Gasteiger partial charge in [0.1, 0.15) is 0 Å². The van der Waals surface area contributed by atoms with Crippen LogP contribution in [0.2, 0.25) is 5.02 Å². The van der Waals surface area contributed by atoms with Gasteiger partial charge in [0.15, 0.2) is 0 Å². The van der Waals surface area contributed by atoms with E-state index in [1.54, 1.807) is 0 Å². The minimum absolute atomic E-state index is 0.0930. The Balaban J connectivity index is 1.84. The molecule has 0 radical (unpaired) electrons. The van der Waals surface area contributed by atoms with Gasteiger partial charge in [0, 0.05) is 30.7 Å². The molecule has 2 N–H and O–H groups in total. The Morgan fingerprint density at radius 3 is 2.62 bits per heavy atom. The Kier molecular flexibility index (Phi) is 7.34. The van der Waals surface area contributed by atoms with E-state index in [2.05, 4.69) is 29.4 Å². The van der Waals surface area contributed by atoms with Gasteiger partial charge in [-0.05, 0) is 30.5 Å². The van der Waals surface area contributed by atoms with Gasteiger partial charge in [0.25, 0.3) is 0 Å². The van der Waals surface area contributed by atoms with Crippen LogP contribution < -0.4 is 10.6 Å². The van der Waals surface area contributed by atoms with E-state index in [4.69, 9.17) is 16.3 Å². The molecule has 1 aromatic rings. The van der Waals surface area contributed by atoms with Crippen LogP contribution in [0, 0.1) is 5.92 Å². The van der Waals surface area contributed by atoms with Gasteiger partial charge < -0.3 is 15.4 Å². The van der Waals surface area contributed by atoms with E-state index in [1.807, 2.05) is 31.2 Å². The van der Waals surface area contributed by atoms with Gasteiger partial charge in [-0.1, -0.05) is 37.6 Å². The standard InChI is InChI=1S/C18H28ClN3O2/c1-13(2)17(22-7-9-24-10-8-22)12-20-18(23)21-14(3)15-5-4-6-16(19)11-15/h4-6,11,13-14,17H,7-10,12H2,1-3H3,(H2,20,21,23). The largest absolute Gasteiger partial charge is 0.379 e. The van der Waals surface area contributed by atoms with Crippen LogP contribution in [0.4, 0.5) is 4.79 Å². The third kappa shape index (κ3) is 5.65. The van der Waals surface area contributed by atoms with E-state index in [9.17, 15) is 4.79 Å². The van der Waals surface area contributed by atoms with Crippen LogP contribution in [0.15, 0.2) is 24.3 Å². The second-order valence-electron chi connectivity index (χ2n) is 6.59. The number of nitrogens with zero attached hydrogens (tertiary/aromatic N) is 1. The summed E-state index contributed by atoms with van der Waals surface area (Å²) in [6.07, 6.45) is 0. The summed E-state index contributed by atoms with van der Waals surface area (Å²) in [5.74, 6) is 0.466. The molecule has 2 unspecified atom stereocenters. The second-order valence-corrected chi connectivity index (χ2v) is 7.03. The first-order valence-electron chi connectivity index (χ1n) is 8.59. The predicted molar refractivity (Wildman–Crippen MR) is 97.4 cm³/mol. The van der Waals surface area contributed by atoms with Crippen molar-refractivity contribution in [3.8, 4) is 0 Å². The van der Waals surface area contributed by atoms with E-state index in [-0.39, 0.29) is 12.1 Å². The summed E-state index contributed by atoms with van der Waals surface area (Å²) in [5.41, 5.74) is 0.992. The van der Waals surface area contributed by atoms with Crippen molar-refractivity contribution in [1.82, 2.24) is 15.5 Å². The lowest BCUT2D eigenvalue weighted by atomic mass is 10.0. The molecule has 6 heteroatoms. The summed E-state index contributed by atoms with van der Waals surface area (Å²) in [7, 11) is 0. The quantitative estimate of drug-likeness (QED) is 0.826. The highest BCUT2D eigenvalue weighted by atomic mass is 35.5. The van der Waals surface area contributed by atoms with Gasteiger partial charge in [0.05, 0.1) is 19.3 Å². The van der Waals surface area contributed by atoms with Gasteiger partial charge in [-0.2, -0.15) is 0 Å². The number of carbonyl (C=O) groups excluding carboxylic acids is 1. The number of hydrogen-bond acceptors (Lipinski definition) is 3. The Bertz CT molecular complexity index is 533. The molecule has 2 atom stereocenters. The molecule has 1 saturated heterocycles. The maximum atomic E-state index is 12.2. The smallest absolute Gasteiger partial charge is 0.315 e. The molecular weight excluding hydrogens is 326 g/mol. The van der Waals surface area contributed by atoms with Crippen molar-refractivity contribution in [1.29, 1.82) is 0 Å². The Morgan fingerprint density at radius 2 is 2.00 bits per heavy atom. The molecule has 2 amide bonds. The molecule has 1 aliphatic rings. The van der Waals surface area contributed by atoms with Crippen LogP contribution in [0.1, 0.15) is 32.4 Å². The molecule has 1 fully saturated rings. The Hall–Kier alpha value is -1.30. The van der Waals surface area contributed by atoms with E-state index < -0.39 is 0 Å². The molecule has 134 valence electrons. The highest BCUT2D eigenvalue weighted by molar-refractivity contribution is 6.30. The molecule has 24 heavy (non-hydrogen) atoms. The number of urea groups is 1. The van der Waals surface area contributed by atoms with Crippen LogP contribution in [-0.4, -0.2) is 49.8 Å². The third-order valence-electron chi connectivity index (χ3n) is 4.45. The highest BCUT2D eigenvalue weighted by Crippen LogP contribution is 2.17. The number of carbonyl (C=O) groups is 1. The summed E-state index contributed by atoms with van der Waals surface area (Å²) >= 11 is 6.00. The van der Waals surface area contributed by atoms with E-state index >= 15 is 0 Å². The second kappa shape index (κ2) is 9.25. The van der Waals surface area contributed by atoms with Crippen molar-refractivity contribution in [3.63, 3.8) is 0 Å². The number of halogens is 1. The highest BCUT2D eigenvalue weighted by Gasteiger charge is 2.24. The molecule has 0 spiro atoms. The number of ether oxygens (including phenoxy) is 1. The Labute approximate surface area is 149 Å². The van der Waals surface area contributed by atoms with Gasteiger partial charge >= 0.3 is 6.03 Å². The van der Waals surface area contributed by atoms with Crippen molar-refractivity contribution in [2.45, 2.75) is 32.9 Å². The van der Waals surface area contributed by atoms with Gasteiger partial charge in [0.2, 0.25) is 0 Å². The third-order valence-corrected chi connectivity index (χ3v) is 4.69. The summed E-state index contributed by atoms with van der Waals surface area (Å²) in [4.78, 5) is 14.6. The average Bonchev–Trinajstić information content (AvgIpc) is 2.55. The van der Waals surface area contributed by atoms with E-state index in [1.165, 1.54) is 0 Å². The number of rotatable bonds is 6. The molecule has 0 aromatic heterocycles. The fourth-order valence-electron chi connectivity index (χ4n) is 3.00. The SMILES string of the molecule is CC(NC(=O)NCC(C(C)C)N1CCOCC1)c1cccc(Cl)c1. The maximum absolute atomic E-state index is 12.2. The zero-order valence-electron chi connectivity index (χ0n) is 14.7. The van der Waals surface area contributed by atoms with Crippen molar-refractivity contribution in [2.24, 2.45) is 5.92 Å². The molecular formula is C18H28ClN3O2. The molecule has 0 saturated carbocycles. The topological polar surface area (TPSA) is 53.6 Å². The fourth-order valence-corrected chi connectivity index (χ4v) is 3.20. The molecule has 5 nitrogen and oxygen atoms in total. The van der Waals surface area contributed by atoms with Gasteiger partial charge in [-0.25, -0.2) is 4.79 Å². The van der Waals surface area contributed by atoms with Crippen LogP contribution in [0.25, 0.3) is 0 Å². The van der Waals surface area contributed by atoms with E-state index in [0.29, 0.717) is 23.5 Å². The zero-order chi connectivity index (χ0) is 17.5. The summed E-state index contributed by atoms with van der Waals surface area (Å²) in [5, 5.41) is 6.65. The molecule has 1 heterocycles. The summed E-state index contributed by atoms with van der Waals surface area (Å²) < 4.78 is 5.41. The average molecular weight is 354 g/mol. The maximum Gasteiger partial charge on any atom is 0.315 e. The Morgan fingerprint density at radius 1 is 1.29 bits per heavy atom. The lowest BCUT2D eigenvalue weighted by molar-refractivity contribution is 0.00718. The molecule has 0 bridgehead atoms. The van der Waals surface area contributed by atoms with Crippen LogP contribution >= 0.6 is 11.6 Å². The lowest BCUT2D eigenvalue weighted by Crippen LogP contribution is -2.52. The minimum atomic E-state index is -0.151. The molecule has 2 rings (SSSR count). The molecule has 1 aromatic carbocycles. The van der Waals surface area contributed by atoms with Crippen molar-refractivity contribution in [3.05, 3.63) is 34.9 Å². The first-order chi connectivity index (χ1) is 11.5. The monoisotopic (exact) mass is 353 g/mol. The lowest BCUT2D eigenvalue weighted by Gasteiger charge is -2.37. The summed E-state index contributed by atoms with van der Waals surface area (Å²) in [6.45, 7) is 10.3. The first kappa shape index (κ1) is 19.0. The number of amides is 2. The number of hydrogen-bond donors (Lipinski definition) is 2. The van der Waals surface area contributed by atoms with Crippen molar-refractivity contribution in [2.75, 3.05) is 32.8 Å². The van der Waals surface area contributed by atoms with Crippen LogP contribution in [0.3, 0.4) is 0 Å². The minimum Gasteiger partial charge on any atom is -0.379 e. The van der Waals surface area contributed by atoms with Crippen molar-refractivity contribution < 1.29 is 9.53 Å². The van der Waals surface area contributed by atoms with Crippen molar-refractivity contribution >= 4 is 17.6 Å². The number of morpholine rings is 1. The zero-order valence-corrected chi connectivity index (χ0v) is 15.5. The van der Waals surface area contributed by atoms with Crippen LogP contribution in [0.5, 0.6) is 0 Å². The predicted octanol–water partition coefficient (Wildman–Crippen LogP) is 3.06. The van der Waals surface area contributed by atoms with Gasteiger partial charge in [-0.3, -0.25) is 4.90 Å². The van der Waals surface area contributed by atoms with E-state index in [0.717, 1.165) is 31.9 Å². The number of benzene rings is 1. The molecule has 0 aliphatic carbocycles. The summed E-state index contributed by atoms with van der Waals surface area (Å²) in [6, 6.07) is 7.62. The first-order valence-corrected chi connectivity index (χ1v) is 8.96. The van der Waals surface area contributed by atoms with Gasteiger partial charge in [-0.15, -0.1) is 0 Å². The number of nitrogens with one attached hydrogen (secondary N) is 2. The molecule has 1 aliphatic heterocycles. The normalized spacial score (nSPS) is 18.2.